The zero-order valence-corrected chi connectivity index (χ0v) is 6.87. The van der Waals surface area contributed by atoms with Crippen LogP contribution in [0.1, 0.15) is 11.3 Å². The van der Waals surface area contributed by atoms with Crippen molar-refractivity contribution >= 4 is 22.9 Å². The minimum absolute atomic E-state index is 0.580. The molecule has 1 heterocycles. The zero-order chi connectivity index (χ0) is 7.40. The van der Waals surface area contributed by atoms with Gasteiger partial charge in [-0.15, -0.1) is 11.3 Å². The zero-order valence-electron chi connectivity index (χ0n) is 5.30. The molecular formula is C7H6ClNS. The van der Waals surface area contributed by atoms with E-state index in [0.29, 0.717) is 6.42 Å². The number of rotatable bonds is 2. The van der Waals surface area contributed by atoms with Crippen LogP contribution in [0.5, 0.6) is 0 Å². The van der Waals surface area contributed by atoms with Crippen LogP contribution in [-0.4, -0.2) is 0 Å². The summed E-state index contributed by atoms with van der Waals surface area (Å²) in [7, 11) is 0. The molecule has 1 aromatic heterocycles. The molecule has 1 nitrogen and oxygen atoms in total. The molecule has 0 aromatic carbocycles. The summed E-state index contributed by atoms with van der Waals surface area (Å²) in [5.41, 5.74) is 0. The summed E-state index contributed by atoms with van der Waals surface area (Å²) in [6.07, 6.45) is 1.41. The molecule has 0 aliphatic rings. The third-order valence-corrected chi connectivity index (χ3v) is 2.45. The van der Waals surface area contributed by atoms with Crippen molar-refractivity contribution in [2.75, 3.05) is 0 Å². The van der Waals surface area contributed by atoms with E-state index in [2.05, 4.69) is 6.07 Å². The summed E-state index contributed by atoms with van der Waals surface area (Å²) < 4.78 is 0. The van der Waals surface area contributed by atoms with E-state index in [1.165, 1.54) is 4.88 Å². The molecule has 0 aliphatic heterocycles. The maximum Gasteiger partial charge on any atom is 0.0625 e. The Hall–Kier alpha value is -0.520. The summed E-state index contributed by atoms with van der Waals surface area (Å²) in [6, 6.07) is 4.00. The number of hydrogen-bond acceptors (Lipinski definition) is 2. The predicted molar refractivity (Wildman–Crippen MR) is 43.3 cm³/mol. The molecule has 0 saturated carbocycles. The van der Waals surface area contributed by atoms with E-state index in [4.69, 9.17) is 16.9 Å². The van der Waals surface area contributed by atoms with Crippen LogP contribution in [0, 0.1) is 11.3 Å². The van der Waals surface area contributed by atoms with Gasteiger partial charge < -0.3 is 0 Å². The first-order valence-electron chi connectivity index (χ1n) is 2.93. The van der Waals surface area contributed by atoms with Crippen molar-refractivity contribution in [2.45, 2.75) is 12.8 Å². The SMILES string of the molecule is N#CCCc1cc(Cl)cs1. The van der Waals surface area contributed by atoms with E-state index >= 15 is 0 Å². The Labute approximate surface area is 68.9 Å². The van der Waals surface area contributed by atoms with Crippen molar-refractivity contribution in [1.82, 2.24) is 0 Å². The number of thiophene rings is 1. The van der Waals surface area contributed by atoms with Gasteiger partial charge in [-0.1, -0.05) is 11.6 Å². The molecule has 0 atom stereocenters. The first-order valence-corrected chi connectivity index (χ1v) is 4.18. The van der Waals surface area contributed by atoms with Gasteiger partial charge in [0.2, 0.25) is 0 Å². The van der Waals surface area contributed by atoms with Gasteiger partial charge in [-0.25, -0.2) is 0 Å². The van der Waals surface area contributed by atoms with Gasteiger partial charge in [-0.2, -0.15) is 5.26 Å². The minimum atomic E-state index is 0.580. The van der Waals surface area contributed by atoms with Gasteiger partial charge in [0.25, 0.3) is 0 Å². The van der Waals surface area contributed by atoms with E-state index in [1.54, 1.807) is 11.3 Å². The van der Waals surface area contributed by atoms with Crippen molar-refractivity contribution < 1.29 is 0 Å². The van der Waals surface area contributed by atoms with Gasteiger partial charge in [0, 0.05) is 16.7 Å². The standard InChI is InChI=1S/C7H6ClNS/c8-6-4-7(10-5-6)2-1-3-9/h4-5H,1-2H2. The number of nitrogens with zero attached hydrogens (tertiary/aromatic N) is 1. The highest BCUT2D eigenvalue weighted by molar-refractivity contribution is 7.10. The first kappa shape index (κ1) is 7.59. The number of hydrogen-bond donors (Lipinski definition) is 0. The normalized spacial score (nSPS) is 9.20. The monoisotopic (exact) mass is 171 g/mol. The summed E-state index contributed by atoms with van der Waals surface area (Å²) in [5.74, 6) is 0. The second-order valence-electron chi connectivity index (χ2n) is 1.89. The average Bonchev–Trinajstić information content (AvgIpc) is 2.31. The maximum absolute atomic E-state index is 8.26. The molecule has 0 radical (unpaired) electrons. The molecule has 0 aliphatic carbocycles. The fourth-order valence-electron chi connectivity index (χ4n) is 0.664. The molecule has 52 valence electrons. The van der Waals surface area contributed by atoms with Crippen LogP contribution in [0.15, 0.2) is 11.4 Å². The quantitative estimate of drug-likeness (QED) is 0.672. The number of halogens is 1. The lowest BCUT2D eigenvalue weighted by molar-refractivity contribution is 1.04. The molecule has 0 N–H and O–H groups in total. The molecule has 0 fully saturated rings. The molecule has 1 rings (SSSR count). The van der Waals surface area contributed by atoms with Gasteiger partial charge in [-0.3, -0.25) is 0 Å². The lowest BCUT2D eigenvalue weighted by atomic mass is 10.3. The maximum atomic E-state index is 8.26. The third-order valence-electron chi connectivity index (χ3n) is 1.10. The molecule has 0 amide bonds. The fraction of sp³-hybridized carbons (Fsp3) is 0.286. The first-order chi connectivity index (χ1) is 4.83. The minimum Gasteiger partial charge on any atom is -0.198 e. The van der Waals surface area contributed by atoms with E-state index in [0.717, 1.165) is 11.4 Å². The van der Waals surface area contributed by atoms with Gasteiger partial charge in [-0.05, 0) is 12.5 Å². The lowest BCUT2D eigenvalue weighted by Crippen LogP contribution is -1.74. The van der Waals surface area contributed by atoms with Crippen LogP contribution in [0.4, 0.5) is 0 Å². The smallest absolute Gasteiger partial charge is 0.0625 e. The van der Waals surface area contributed by atoms with E-state index in [-0.39, 0.29) is 0 Å². The molecule has 0 unspecified atom stereocenters. The summed E-state index contributed by atoms with van der Waals surface area (Å²) in [4.78, 5) is 1.19. The second kappa shape index (κ2) is 3.60. The largest absolute Gasteiger partial charge is 0.198 e. The number of nitriles is 1. The van der Waals surface area contributed by atoms with Crippen LogP contribution in [0.3, 0.4) is 0 Å². The molecule has 3 heteroatoms. The predicted octanol–water partition coefficient (Wildman–Crippen LogP) is 2.86. The molecule has 0 saturated heterocycles. The van der Waals surface area contributed by atoms with Crippen LogP contribution in [0.2, 0.25) is 5.02 Å². The fourth-order valence-corrected chi connectivity index (χ4v) is 1.74. The van der Waals surface area contributed by atoms with Crippen molar-refractivity contribution in [3.63, 3.8) is 0 Å². The van der Waals surface area contributed by atoms with E-state index in [1.807, 2.05) is 11.4 Å². The summed E-state index contributed by atoms with van der Waals surface area (Å²) >= 11 is 7.27. The van der Waals surface area contributed by atoms with Crippen LogP contribution in [-0.2, 0) is 6.42 Å². The second-order valence-corrected chi connectivity index (χ2v) is 3.32. The van der Waals surface area contributed by atoms with Gasteiger partial charge in [0.05, 0.1) is 11.1 Å². The van der Waals surface area contributed by atoms with Crippen LogP contribution in [0.25, 0.3) is 0 Å². The Balaban J connectivity index is 2.52. The molecule has 0 bridgehead atoms. The van der Waals surface area contributed by atoms with Crippen molar-refractivity contribution in [1.29, 1.82) is 5.26 Å². The highest BCUT2D eigenvalue weighted by Gasteiger charge is 1.95. The van der Waals surface area contributed by atoms with Crippen molar-refractivity contribution in [3.8, 4) is 6.07 Å². The highest BCUT2D eigenvalue weighted by Crippen LogP contribution is 2.19. The van der Waals surface area contributed by atoms with Crippen LogP contribution < -0.4 is 0 Å². The molecule has 1 aromatic rings. The summed E-state index contributed by atoms with van der Waals surface area (Å²) in [6.45, 7) is 0. The third kappa shape index (κ3) is 2.02. The average molecular weight is 172 g/mol. The Morgan fingerprint density at radius 3 is 3.00 bits per heavy atom. The Kier molecular flexibility index (Phi) is 2.73. The number of aryl methyl sites for hydroxylation is 1. The summed E-state index contributed by atoms with van der Waals surface area (Å²) in [5, 5.41) is 10.9. The van der Waals surface area contributed by atoms with Gasteiger partial charge >= 0.3 is 0 Å². The lowest BCUT2D eigenvalue weighted by Gasteiger charge is -1.84. The van der Waals surface area contributed by atoms with Crippen molar-refractivity contribution in [3.05, 3.63) is 21.3 Å². The Morgan fingerprint density at radius 1 is 1.70 bits per heavy atom. The Bertz CT molecular complexity index is 248. The highest BCUT2D eigenvalue weighted by atomic mass is 35.5. The molecule has 10 heavy (non-hydrogen) atoms. The van der Waals surface area contributed by atoms with E-state index in [9.17, 15) is 0 Å². The van der Waals surface area contributed by atoms with Crippen molar-refractivity contribution in [2.24, 2.45) is 0 Å². The molecule has 0 spiro atoms. The van der Waals surface area contributed by atoms with Gasteiger partial charge in [0.15, 0.2) is 0 Å². The topological polar surface area (TPSA) is 23.8 Å². The van der Waals surface area contributed by atoms with E-state index < -0.39 is 0 Å². The van der Waals surface area contributed by atoms with Crippen LogP contribution >= 0.6 is 22.9 Å². The molecular weight excluding hydrogens is 166 g/mol. The Morgan fingerprint density at radius 2 is 2.50 bits per heavy atom. The van der Waals surface area contributed by atoms with Gasteiger partial charge in [0.1, 0.15) is 0 Å².